The maximum atomic E-state index is 12.7. The Balaban J connectivity index is 1.38. The summed E-state index contributed by atoms with van der Waals surface area (Å²) in [4.78, 5) is 15.1. The largest absolute Gasteiger partial charge is 0.372 e. The summed E-state index contributed by atoms with van der Waals surface area (Å²) in [5.74, 6) is -0.193. The highest BCUT2D eigenvalue weighted by atomic mass is 32.2. The van der Waals surface area contributed by atoms with E-state index >= 15 is 0 Å². The van der Waals surface area contributed by atoms with E-state index in [4.69, 9.17) is 0 Å². The minimum Gasteiger partial charge on any atom is -0.372 e. The molecule has 184 valence electrons. The van der Waals surface area contributed by atoms with Gasteiger partial charge in [-0.25, -0.2) is 8.42 Å². The SMILES string of the molecule is Cc1ccc(CN(c2ccc(C(=O)NCc3ccc(N4CCCCC4)cc3)cc2)S(C)(=O)=O)cc1. The Hall–Kier alpha value is -3.32. The van der Waals surface area contributed by atoms with Gasteiger partial charge in [0, 0.05) is 30.9 Å². The number of hydrogen-bond donors (Lipinski definition) is 1. The van der Waals surface area contributed by atoms with Crippen LogP contribution >= 0.6 is 0 Å². The Bertz CT molecular complexity index is 1230. The highest BCUT2D eigenvalue weighted by Crippen LogP contribution is 2.22. The van der Waals surface area contributed by atoms with Gasteiger partial charge in [-0.3, -0.25) is 9.10 Å². The zero-order chi connectivity index (χ0) is 24.8. The van der Waals surface area contributed by atoms with Crippen molar-refractivity contribution in [1.82, 2.24) is 5.32 Å². The van der Waals surface area contributed by atoms with E-state index < -0.39 is 10.0 Å². The fraction of sp³-hybridized carbons (Fsp3) is 0.321. The smallest absolute Gasteiger partial charge is 0.251 e. The molecule has 0 unspecified atom stereocenters. The summed E-state index contributed by atoms with van der Waals surface area (Å²) in [6.45, 7) is 4.87. The second kappa shape index (κ2) is 11.0. The zero-order valence-corrected chi connectivity index (χ0v) is 21.2. The second-order valence-corrected chi connectivity index (χ2v) is 11.1. The van der Waals surface area contributed by atoms with Crippen molar-refractivity contribution in [3.8, 4) is 0 Å². The molecule has 7 heteroatoms. The van der Waals surface area contributed by atoms with Crippen LogP contribution in [0.3, 0.4) is 0 Å². The van der Waals surface area contributed by atoms with Crippen molar-refractivity contribution in [3.63, 3.8) is 0 Å². The first-order chi connectivity index (χ1) is 16.8. The van der Waals surface area contributed by atoms with Crippen molar-refractivity contribution >= 4 is 27.3 Å². The number of aryl methyl sites for hydroxylation is 1. The lowest BCUT2D eigenvalue weighted by Gasteiger charge is -2.28. The molecule has 0 atom stereocenters. The van der Waals surface area contributed by atoms with Crippen LogP contribution in [0.5, 0.6) is 0 Å². The summed E-state index contributed by atoms with van der Waals surface area (Å²) < 4.78 is 26.3. The molecule has 3 aromatic rings. The molecule has 1 aliphatic rings. The monoisotopic (exact) mass is 491 g/mol. The Kier molecular flexibility index (Phi) is 7.76. The van der Waals surface area contributed by atoms with Crippen molar-refractivity contribution < 1.29 is 13.2 Å². The van der Waals surface area contributed by atoms with E-state index in [1.807, 2.05) is 31.2 Å². The van der Waals surface area contributed by atoms with Crippen LogP contribution in [0, 0.1) is 6.92 Å². The summed E-state index contributed by atoms with van der Waals surface area (Å²) in [6.07, 6.45) is 4.98. The third kappa shape index (κ3) is 6.63. The molecule has 0 aliphatic carbocycles. The first-order valence-corrected chi connectivity index (χ1v) is 13.9. The van der Waals surface area contributed by atoms with Crippen LogP contribution in [0.25, 0.3) is 0 Å². The molecule has 0 radical (unpaired) electrons. The molecule has 3 aromatic carbocycles. The van der Waals surface area contributed by atoms with Gasteiger partial charge in [0.05, 0.1) is 18.5 Å². The van der Waals surface area contributed by atoms with E-state index in [0.29, 0.717) is 17.8 Å². The van der Waals surface area contributed by atoms with Crippen LogP contribution < -0.4 is 14.5 Å². The summed E-state index contributed by atoms with van der Waals surface area (Å²) in [7, 11) is -3.49. The van der Waals surface area contributed by atoms with E-state index in [2.05, 4.69) is 34.5 Å². The van der Waals surface area contributed by atoms with Gasteiger partial charge in [-0.2, -0.15) is 0 Å². The third-order valence-electron chi connectivity index (χ3n) is 6.38. The maximum absolute atomic E-state index is 12.7. The zero-order valence-electron chi connectivity index (χ0n) is 20.4. The quantitative estimate of drug-likeness (QED) is 0.488. The van der Waals surface area contributed by atoms with E-state index in [-0.39, 0.29) is 12.5 Å². The van der Waals surface area contributed by atoms with Gasteiger partial charge in [-0.15, -0.1) is 0 Å². The van der Waals surface area contributed by atoms with Crippen LogP contribution in [-0.2, 0) is 23.1 Å². The van der Waals surface area contributed by atoms with Crippen molar-refractivity contribution in [1.29, 1.82) is 0 Å². The second-order valence-electron chi connectivity index (χ2n) is 9.20. The average Bonchev–Trinajstić information content (AvgIpc) is 2.87. The van der Waals surface area contributed by atoms with Gasteiger partial charge < -0.3 is 10.2 Å². The van der Waals surface area contributed by atoms with Gasteiger partial charge in [-0.1, -0.05) is 42.0 Å². The Labute approximate surface area is 208 Å². The maximum Gasteiger partial charge on any atom is 0.251 e. The molecule has 1 heterocycles. The fourth-order valence-corrected chi connectivity index (χ4v) is 5.19. The molecule has 1 amide bonds. The van der Waals surface area contributed by atoms with Gasteiger partial charge in [0.2, 0.25) is 10.0 Å². The van der Waals surface area contributed by atoms with Gasteiger partial charge in [0.15, 0.2) is 0 Å². The number of hydrogen-bond acceptors (Lipinski definition) is 4. The number of carbonyl (C=O) groups excluding carboxylic acids is 1. The molecule has 1 N–H and O–H groups in total. The molecule has 0 spiro atoms. The molecular formula is C28H33N3O3S. The number of carbonyl (C=O) groups is 1. The van der Waals surface area contributed by atoms with Crippen LogP contribution in [0.1, 0.15) is 46.3 Å². The number of piperidine rings is 1. The van der Waals surface area contributed by atoms with Crippen molar-refractivity contribution in [2.75, 3.05) is 28.6 Å². The number of amides is 1. The van der Waals surface area contributed by atoms with Gasteiger partial charge >= 0.3 is 0 Å². The third-order valence-corrected chi connectivity index (χ3v) is 7.52. The minimum absolute atomic E-state index is 0.193. The van der Waals surface area contributed by atoms with Crippen LogP contribution in [0.4, 0.5) is 11.4 Å². The number of benzene rings is 3. The van der Waals surface area contributed by atoms with Gasteiger partial charge in [-0.05, 0) is 73.7 Å². The normalized spacial score (nSPS) is 13.9. The fourth-order valence-electron chi connectivity index (χ4n) is 4.30. The number of sulfonamides is 1. The van der Waals surface area contributed by atoms with E-state index in [1.165, 1.54) is 35.5 Å². The van der Waals surface area contributed by atoms with Crippen molar-refractivity contribution in [3.05, 3.63) is 95.1 Å². The molecule has 1 saturated heterocycles. The van der Waals surface area contributed by atoms with Crippen LogP contribution in [-0.4, -0.2) is 33.7 Å². The lowest BCUT2D eigenvalue weighted by molar-refractivity contribution is 0.0951. The Morgan fingerprint density at radius 3 is 2.06 bits per heavy atom. The number of nitrogens with zero attached hydrogens (tertiary/aromatic N) is 2. The highest BCUT2D eigenvalue weighted by molar-refractivity contribution is 7.92. The van der Waals surface area contributed by atoms with Crippen LogP contribution in [0.15, 0.2) is 72.8 Å². The summed E-state index contributed by atoms with van der Waals surface area (Å²) in [6, 6.07) is 22.8. The van der Waals surface area contributed by atoms with Gasteiger partial charge in [0.1, 0.15) is 0 Å². The molecule has 0 bridgehead atoms. The van der Waals surface area contributed by atoms with Crippen LogP contribution in [0.2, 0.25) is 0 Å². The topological polar surface area (TPSA) is 69.7 Å². The molecule has 4 rings (SSSR count). The molecule has 0 aromatic heterocycles. The predicted molar refractivity (Wildman–Crippen MR) is 142 cm³/mol. The number of nitrogens with one attached hydrogen (secondary N) is 1. The molecular weight excluding hydrogens is 458 g/mol. The van der Waals surface area contributed by atoms with Gasteiger partial charge in [0.25, 0.3) is 5.91 Å². The predicted octanol–water partition coefficient (Wildman–Crippen LogP) is 4.88. The standard InChI is InChI=1S/C28H33N3O3S/c1-22-6-8-24(9-7-22)21-31(35(2,33)34)27-16-12-25(13-17-27)28(32)29-20-23-10-14-26(15-11-23)30-18-4-3-5-19-30/h6-17H,3-5,18-21H2,1-2H3,(H,29,32). The summed E-state index contributed by atoms with van der Waals surface area (Å²) in [5.41, 5.74) is 5.30. The molecule has 6 nitrogen and oxygen atoms in total. The van der Waals surface area contributed by atoms with E-state index in [0.717, 1.165) is 29.8 Å². The molecule has 35 heavy (non-hydrogen) atoms. The first-order valence-electron chi connectivity index (χ1n) is 12.0. The van der Waals surface area contributed by atoms with Crippen molar-refractivity contribution in [2.45, 2.75) is 39.3 Å². The summed E-state index contributed by atoms with van der Waals surface area (Å²) in [5, 5.41) is 2.95. The van der Waals surface area contributed by atoms with E-state index in [1.54, 1.807) is 24.3 Å². The highest BCUT2D eigenvalue weighted by Gasteiger charge is 2.18. The van der Waals surface area contributed by atoms with E-state index in [9.17, 15) is 13.2 Å². The molecule has 1 aliphatic heterocycles. The average molecular weight is 492 g/mol. The molecule has 0 saturated carbocycles. The Morgan fingerprint density at radius 1 is 0.857 bits per heavy atom. The first kappa shape index (κ1) is 24.8. The Morgan fingerprint density at radius 2 is 1.46 bits per heavy atom. The van der Waals surface area contributed by atoms with Crippen molar-refractivity contribution in [2.24, 2.45) is 0 Å². The minimum atomic E-state index is -3.49. The molecule has 1 fully saturated rings. The number of anilines is 2. The lowest BCUT2D eigenvalue weighted by Crippen LogP contribution is -2.29. The number of rotatable bonds is 8. The summed E-state index contributed by atoms with van der Waals surface area (Å²) >= 11 is 0. The lowest BCUT2D eigenvalue weighted by atomic mass is 10.1.